The maximum atomic E-state index is 13.0. The monoisotopic (exact) mass is 457 g/mol. The van der Waals surface area contributed by atoms with Gasteiger partial charge in [-0.1, -0.05) is 53.8 Å². The number of anilines is 1. The van der Waals surface area contributed by atoms with E-state index in [-0.39, 0.29) is 5.91 Å². The van der Waals surface area contributed by atoms with Gasteiger partial charge in [-0.15, -0.1) is 0 Å². The molecule has 4 aromatic rings. The Morgan fingerprint density at radius 3 is 2.39 bits per heavy atom. The van der Waals surface area contributed by atoms with E-state index in [0.29, 0.717) is 19.7 Å². The van der Waals surface area contributed by atoms with Gasteiger partial charge in [0, 0.05) is 31.7 Å². The first kappa shape index (κ1) is 21.5. The Balaban J connectivity index is 1.20. The molecule has 0 unspecified atom stereocenters. The molecule has 0 atom stereocenters. The lowest BCUT2D eigenvalue weighted by Crippen LogP contribution is -2.48. The summed E-state index contributed by atoms with van der Waals surface area (Å²) >= 11 is 1.68. The first-order valence-electron chi connectivity index (χ1n) is 11.4. The molecule has 168 valence electrons. The fourth-order valence-electron chi connectivity index (χ4n) is 4.16. The third-order valence-corrected chi connectivity index (χ3v) is 7.03. The third-order valence-electron chi connectivity index (χ3n) is 5.95. The maximum absolute atomic E-state index is 13.0. The Morgan fingerprint density at radius 2 is 1.67 bits per heavy atom. The van der Waals surface area contributed by atoms with Gasteiger partial charge in [-0.05, 0) is 54.8 Å². The van der Waals surface area contributed by atoms with E-state index in [1.807, 2.05) is 42.2 Å². The summed E-state index contributed by atoms with van der Waals surface area (Å²) in [5.41, 5.74) is 4.24. The minimum atomic E-state index is 0.103. The van der Waals surface area contributed by atoms with Crippen LogP contribution in [0.25, 0.3) is 10.2 Å². The zero-order valence-electron chi connectivity index (χ0n) is 18.7. The van der Waals surface area contributed by atoms with Crippen LogP contribution in [0.15, 0.2) is 72.8 Å². The van der Waals surface area contributed by atoms with E-state index in [0.717, 1.165) is 46.2 Å². The van der Waals surface area contributed by atoms with Gasteiger partial charge in [-0.3, -0.25) is 4.79 Å². The lowest BCUT2D eigenvalue weighted by atomic mass is 10.0. The summed E-state index contributed by atoms with van der Waals surface area (Å²) in [4.78, 5) is 22.1. The summed E-state index contributed by atoms with van der Waals surface area (Å²) in [5.74, 6) is 0.983. The molecule has 0 aliphatic carbocycles. The molecular formula is C27H27N3O2S. The number of aromatic nitrogens is 1. The standard InChI is InChI=1S/C27H27N3O2S/c1-2-32-23-12-13-24-25(19-23)33-27(28-24)30-16-14-29(15-17-30)26(31)22-10-8-21(9-11-22)18-20-6-4-3-5-7-20/h3-13,19H,2,14-18H2,1H3. The highest BCUT2D eigenvalue weighted by molar-refractivity contribution is 7.22. The zero-order chi connectivity index (χ0) is 22.6. The highest BCUT2D eigenvalue weighted by Gasteiger charge is 2.24. The van der Waals surface area contributed by atoms with Crippen LogP contribution >= 0.6 is 11.3 Å². The van der Waals surface area contributed by atoms with Crippen molar-refractivity contribution in [3.8, 4) is 5.75 Å². The maximum Gasteiger partial charge on any atom is 0.253 e. The Labute approximate surface area is 198 Å². The van der Waals surface area contributed by atoms with Crippen LogP contribution in [0.2, 0.25) is 0 Å². The molecule has 1 saturated heterocycles. The Hall–Kier alpha value is -3.38. The molecule has 1 aliphatic rings. The first-order chi connectivity index (χ1) is 16.2. The van der Waals surface area contributed by atoms with Crippen molar-refractivity contribution in [2.45, 2.75) is 13.3 Å². The van der Waals surface area contributed by atoms with Crippen LogP contribution in [-0.2, 0) is 6.42 Å². The number of carbonyl (C=O) groups is 1. The predicted octanol–water partition coefficient (Wildman–Crippen LogP) is 5.25. The number of carbonyl (C=O) groups excluding carboxylic acids is 1. The van der Waals surface area contributed by atoms with Gasteiger partial charge in [-0.2, -0.15) is 0 Å². The van der Waals surface area contributed by atoms with Crippen molar-refractivity contribution < 1.29 is 9.53 Å². The molecule has 5 nitrogen and oxygen atoms in total. The van der Waals surface area contributed by atoms with Crippen molar-refractivity contribution in [2.75, 3.05) is 37.7 Å². The van der Waals surface area contributed by atoms with Crippen LogP contribution in [-0.4, -0.2) is 48.6 Å². The second kappa shape index (κ2) is 9.63. The van der Waals surface area contributed by atoms with Crippen LogP contribution in [0.5, 0.6) is 5.75 Å². The van der Waals surface area contributed by atoms with Crippen LogP contribution in [0, 0.1) is 0 Å². The number of hydrogen-bond donors (Lipinski definition) is 0. The number of piperazine rings is 1. The van der Waals surface area contributed by atoms with Crippen molar-refractivity contribution in [3.05, 3.63) is 89.5 Å². The molecule has 1 fully saturated rings. The Morgan fingerprint density at radius 1 is 0.939 bits per heavy atom. The smallest absolute Gasteiger partial charge is 0.253 e. The number of benzene rings is 3. The normalized spacial score (nSPS) is 14.0. The molecule has 1 amide bonds. The van der Waals surface area contributed by atoms with Gasteiger partial charge < -0.3 is 14.5 Å². The van der Waals surface area contributed by atoms with Crippen molar-refractivity contribution in [3.63, 3.8) is 0 Å². The lowest BCUT2D eigenvalue weighted by Gasteiger charge is -2.34. The quantitative estimate of drug-likeness (QED) is 0.397. The van der Waals surface area contributed by atoms with Gasteiger partial charge in [-0.25, -0.2) is 4.98 Å². The molecule has 0 bridgehead atoms. The van der Waals surface area contributed by atoms with E-state index in [1.54, 1.807) is 11.3 Å². The lowest BCUT2D eigenvalue weighted by molar-refractivity contribution is 0.0747. The average molecular weight is 458 g/mol. The molecule has 1 aliphatic heterocycles. The summed E-state index contributed by atoms with van der Waals surface area (Å²) in [5, 5.41) is 1.01. The average Bonchev–Trinajstić information content (AvgIpc) is 3.29. The largest absolute Gasteiger partial charge is 0.494 e. The Kier molecular flexibility index (Phi) is 6.26. The summed E-state index contributed by atoms with van der Waals surface area (Å²) in [6, 6.07) is 24.5. The van der Waals surface area contributed by atoms with E-state index in [2.05, 4.69) is 47.4 Å². The highest BCUT2D eigenvalue weighted by Crippen LogP contribution is 2.32. The van der Waals surface area contributed by atoms with E-state index < -0.39 is 0 Å². The van der Waals surface area contributed by atoms with Crippen molar-refractivity contribution >= 4 is 32.6 Å². The number of hydrogen-bond acceptors (Lipinski definition) is 5. The fraction of sp³-hybridized carbons (Fsp3) is 0.259. The van der Waals surface area contributed by atoms with Gasteiger partial charge in [0.25, 0.3) is 5.91 Å². The topological polar surface area (TPSA) is 45.7 Å². The number of thiazole rings is 1. The Bertz CT molecular complexity index is 1230. The predicted molar refractivity (Wildman–Crippen MR) is 135 cm³/mol. The number of nitrogens with zero attached hydrogens (tertiary/aromatic N) is 3. The van der Waals surface area contributed by atoms with Crippen LogP contribution in [0.3, 0.4) is 0 Å². The molecule has 2 heterocycles. The van der Waals surface area contributed by atoms with Gasteiger partial charge in [0.2, 0.25) is 0 Å². The van der Waals surface area contributed by atoms with E-state index in [9.17, 15) is 4.79 Å². The van der Waals surface area contributed by atoms with Crippen LogP contribution in [0.1, 0.15) is 28.4 Å². The molecule has 6 heteroatoms. The minimum absolute atomic E-state index is 0.103. The zero-order valence-corrected chi connectivity index (χ0v) is 19.6. The third kappa shape index (κ3) is 4.86. The fourth-order valence-corrected chi connectivity index (χ4v) is 5.21. The highest BCUT2D eigenvalue weighted by atomic mass is 32.1. The molecular weight excluding hydrogens is 430 g/mol. The summed E-state index contributed by atoms with van der Waals surface area (Å²) in [6.45, 7) is 5.62. The van der Waals surface area contributed by atoms with E-state index in [1.165, 1.54) is 11.1 Å². The molecule has 0 saturated carbocycles. The number of amides is 1. The van der Waals surface area contributed by atoms with E-state index in [4.69, 9.17) is 9.72 Å². The minimum Gasteiger partial charge on any atom is -0.494 e. The van der Waals surface area contributed by atoms with Crippen molar-refractivity contribution in [2.24, 2.45) is 0 Å². The summed E-state index contributed by atoms with van der Waals surface area (Å²) < 4.78 is 6.74. The van der Waals surface area contributed by atoms with Gasteiger partial charge in [0.1, 0.15) is 5.75 Å². The molecule has 0 N–H and O–H groups in total. The number of rotatable bonds is 6. The molecule has 5 rings (SSSR count). The van der Waals surface area contributed by atoms with Crippen LogP contribution < -0.4 is 9.64 Å². The summed E-state index contributed by atoms with van der Waals surface area (Å²) in [6.07, 6.45) is 0.877. The van der Waals surface area contributed by atoms with Gasteiger partial charge >= 0.3 is 0 Å². The van der Waals surface area contributed by atoms with Gasteiger partial charge in [0.15, 0.2) is 5.13 Å². The van der Waals surface area contributed by atoms with Crippen molar-refractivity contribution in [1.29, 1.82) is 0 Å². The molecule has 33 heavy (non-hydrogen) atoms. The summed E-state index contributed by atoms with van der Waals surface area (Å²) in [7, 11) is 0. The number of fused-ring (bicyclic) bond motifs is 1. The molecule has 1 aromatic heterocycles. The first-order valence-corrected chi connectivity index (χ1v) is 12.2. The van der Waals surface area contributed by atoms with Crippen LogP contribution in [0.4, 0.5) is 5.13 Å². The second-order valence-electron chi connectivity index (χ2n) is 8.20. The number of ether oxygens (including phenoxy) is 1. The molecule has 0 radical (unpaired) electrons. The molecule has 0 spiro atoms. The molecule has 3 aromatic carbocycles. The second-order valence-corrected chi connectivity index (χ2v) is 9.21. The van der Waals surface area contributed by atoms with Gasteiger partial charge in [0.05, 0.1) is 16.8 Å². The van der Waals surface area contributed by atoms with E-state index >= 15 is 0 Å². The SMILES string of the molecule is CCOc1ccc2nc(N3CCN(C(=O)c4ccc(Cc5ccccc5)cc4)CC3)sc2c1. The van der Waals surface area contributed by atoms with Crippen molar-refractivity contribution in [1.82, 2.24) is 9.88 Å².